The Morgan fingerprint density at radius 3 is 2.32 bits per heavy atom. The second-order valence-corrected chi connectivity index (χ2v) is 10.3. The zero-order valence-corrected chi connectivity index (χ0v) is 19.0. The number of hydrogen-bond acceptors (Lipinski definition) is 4. The lowest BCUT2D eigenvalue weighted by atomic mass is 10.1. The number of sulfonamides is 1. The highest BCUT2D eigenvalue weighted by atomic mass is 32.2. The van der Waals surface area contributed by atoms with E-state index in [-0.39, 0.29) is 35.2 Å². The maximum absolute atomic E-state index is 13.5. The summed E-state index contributed by atoms with van der Waals surface area (Å²) >= 11 is 0. The van der Waals surface area contributed by atoms with E-state index in [9.17, 15) is 21.6 Å². The van der Waals surface area contributed by atoms with Gasteiger partial charge in [-0.2, -0.15) is 22.6 Å². The van der Waals surface area contributed by atoms with Crippen molar-refractivity contribution in [3.63, 3.8) is 0 Å². The highest BCUT2D eigenvalue weighted by molar-refractivity contribution is 7.89. The maximum atomic E-state index is 13.5. The first-order chi connectivity index (χ1) is 16.1. The Kier molecular flexibility index (Phi) is 5.44. The van der Waals surface area contributed by atoms with Crippen LogP contribution in [0.1, 0.15) is 29.4 Å². The number of halogens is 3. The second-order valence-electron chi connectivity index (χ2n) is 8.36. The number of alkyl halides is 3. The molecule has 2 aromatic carbocycles. The van der Waals surface area contributed by atoms with Crippen molar-refractivity contribution in [3.8, 4) is 11.1 Å². The Hall–Kier alpha value is -3.24. The SMILES string of the molecule is Cc1cc(C(F)(F)F)n2nc([C@H]3CCN(S(=O)(=O)c4ccc(-c5ccccc5)cc4)C3)cc2n1. The van der Waals surface area contributed by atoms with Gasteiger partial charge < -0.3 is 0 Å². The largest absolute Gasteiger partial charge is 0.433 e. The lowest BCUT2D eigenvalue weighted by molar-refractivity contribution is -0.142. The molecule has 1 atom stereocenters. The zero-order chi connectivity index (χ0) is 24.1. The Morgan fingerprint density at radius 1 is 0.971 bits per heavy atom. The monoisotopic (exact) mass is 486 g/mol. The third-order valence-electron chi connectivity index (χ3n) is 6.03. The molecule has 0 amide bonds. The van der Waals surface area contributed by atoms with Gasteiger partial charge in [0.1, 0.15) is 5.69 Å². The molecular formula is C24H21F3N4O2S. The van der Waals surface area contributed by atoms with Crippen LogP contribution in [0.3, 0.4) is 0 Å². The Morgan fingerprint density at radius 2 is 1.65 bits per heavy atom. The molecule has 1 aliphatic rings. The fraction of sp³-hybridized carbons (Fsp3) is 0.250. The summed E-state index contributed by atoms with van der Waals surface area (Å²) in [5.41, 5.74) is 1.73. The van der Waals surface area contributed by atoms with Gasteiger partial charge in [0, 0.05) is 30.8 Å². The minimum absolute atomic E-state index is 0.0973. The summed E-state index contributed by atoms with van der Waals surface area (Å²) in [6.45, 7) is 1.90. The zero-order valence-electron chi connectivity index (χ0n) is 18.2. The van der Waals surface area contributed by atoms with E-state index in [1.165, 1.54) is 17.3 Å². The third-order valence-corrected chi connectivity index (χ3v) is 7.91. The van der Waals surface area contributed by atoms with Crippen LogP contribution in [0.25, 0.3) is 16.8 Å². The van der Waals surface area contributed by atoms with Gasteiger partial charge in [-0.05, 0) is 42.7 Å². The predicted molar refractivity (Wildman–Crippen MR) is 121 cm³/mol. The number of aromatic nitrogens is 3. The molecule has 0 N–H and O–H groups in total. The van der Waals surface area contributed by atoms with Crippen LogP contribution < -0.4 is 0 Å². The number of nitrogens with zero attached hydrogens (tertiary/aromatic N) is 4. The minimum Gasteiger partial charge on any atom is -0.234 e. The van der Waals surface area contributed by atoms with Gasteiger partial charge in [-0.25, -0.2) is 17.9 Å². The van der Waals surface area contributed by atoms with E-state index >= 15 is 0 Å². The van der Waals surface area contributed by atoms with Crippen molar-refractivity contribution in [2.24, 2.45) is 0 Å². The molecule has 2 aromatic heterocycles. The second kappa shape index (κ2) is 8.21. The summed E-state index contributed by atoms with van der Waals surface area (Å²) in [5, 5.41) is 4.15. The van der Waals surface area contributed by atoms with Crippen LogP contribution in [0.5, 0.6) is 0 Å². The van der Waals surface area contributed by atoms with Crippen LogP contribution in [0.15, 0.2) is 71.6 Å². The molecule has 1 fully saturated rings. The Bertz CT molecular complexity index is 1450. The van der Waals surface area contributed by atoms with E-state index in [4.69, 9.17) is 0 Å². The van der Waals surface area contributed by atoms with Crippen molar-refractivity contribution in [2.75, 3.05) is 13.1 Å². The van der Waals surface area contributed by atoms with Gasteiger partial charge in [0.25, 0.3) is 0 Å². The van der Waals surface area contributed by atoms with Crippen molar-refractivity contribution in [2.45, 2.75) is 30.3 Å². The van der Waals surface area contributed by atoms with Crippen LogP contribution in [0, 0.1) is 6.92 Å². The molecule has 6 nitrogen and oxygen atoms in total. The molecule has 0 unspecified atom stereocenters. The van der Waals surface area contributed by atoms with Crippen LogP contribution in [-0.4, -0.2) is 40.4 Å². The third kappa shape index (κ3) is 4.07. The van der Waals surface area contributed by atoms with Gasteiger partial charge in [0.05, 0.1) is 10.6 Å². The summed E-state index contributed by atoms with van der Waals surface area (Å²) < 4.78 is 68.9. The van der Waals surface area contributed by atoms with Gasteiger partial charge in [0.15, 0.2) is 5.65 Å². The van der Waals surface area contributed by atoms with Gasteiger partial charge in [0.2, 0.25) is 10.0 Å². The number of hydrogen-bond donors (Lipinski definition) is 0. The lowest BCUT2D eigenvalue weighted by Crippen LogP contribution is -2.28. The van der Waals surface area contributed by atoms with Crippen LogP contribution in [0.4, 0.5) is 13.2 Å². The average molecular weight is 487 g/mol. The summed E-state index contributed by atoms with van der Waals surface area (Å²) in [4.78, 5) is 4.34. The van der Waals surface area contributed by atoms with E-state index in [0.717, 1.165) is 21.7 Å². The fourth-order valence-corrected chi connectivity index (χ4v) is 5.81. The molecule has 0 spiro atoms. The number of rotatable bonds is 4. The topological polar surface area (TPSA) is 67.6 Å². The molecule has 10 heteroatoms. The molecule has 0 aliphatic carbocycles. The molecule has 5 rings (SSSR count). The Labute approximate surface area is 194 Å². The van der Waals surface area contributed by atoms with Gasteiger partial charge in [-0.3, -0.25) is 0 Å². The van der Waals surface area contributed by atoms with Crippen LogP contribution in [0.2, 0.25) is 0 Å². The first kappa shape index (κ1) is 22.5. The van der Waals surface area contributed by atoms with Crippen molar-refractivity contribution in [1.29, 1.82) is 0 Å². The molecule has 3 heterocycles. The maximum Gasteiger partial charge on any atom is 0.433 e. The predicted octanol–water partition coefficient (Wildman–Crippen LogP) is 4.90. The lowest BCUT2D eigenvalue weighted by Gasteiger charge is -2.16. The fourth-order valence-electron chi connectivity index (χ4n) is 4.31. The Balaban J connectivity index is 1.39. The van der Waals surface area contributed by atoms with E-state index < -0.39 is 21.9 Å². The normalized spacial score (nSPS) is 17.5. The number of benzene rings is 2. The number of fused-ring (bicyclic) bond motifs is 1. The van der Waals surface area contributed by atoms with Crippen molar-refractivity contribution in [1.82, 2.24) is 18.9 Å². The van der Waals surface area contributed by atoms with Crippen LogP contribution in [-0.2, 0) is 16.2 Å². The van der Waals surface area contributed by atoms with E-state index in [1.807, 2.05) is 30.3 Å². The van der Waals surface area contributed by atoms with Crippen molar-refractivity contribution < 1.29 is 21.6 Å². The molecule has 176 valence electrons. The highest BCUT2D eigenvalue weighted by Gasteiger charge is 2.37. The first-order valence-electron chi connectivity index (χ1n) is 10.7. The molecule has 0 saturated carbocycles. The van der Waals surface area contributed by atoms with Crippen molar-refractivity contribution in [3.05, 3.63) is 83.8 Å². The summed E-state index contributed by atoms with van der Waals surface area (Å²) in [6.07, 6.45) is -4.11. The molecule has 0 radical (unpaired) electrons. The molecule has 0 bridgehead atoms. The molecule has 4 aromatic rings. The molecule has 34 heavy (non-hydrogen) atoms. The van der Waals surface area contributed by atoms with Crippen molar-refractivity contribution >= 4 is 15.7 Å². The van der Waals surface area contributed by atoms with E-state index in [1.54, 1.807) is 24.3 Å². The van der Waals surface area contributed by atoms with Gasteiger partial charge in [-0.15, -0.1) is 0 Å². The summed E-state index contributed by atoms with van der Waals surface area (Å²) in [5.74, 6) is -0.318. The molecule has 1 aliphatic heterocycles. The van der Waals surface area contributed by atoms with E-state index in [0.29, 0.717) is 12.1 Å². The summed E-state index contributed by atoms with van der Waals surface area (Å²) in [7, 11) is -3.74. The molecular weight excluding hydrogens is 465 g/mol. The molecule has 1 saturated heterocycles. The highest BCUT2D eigenvalue weighted by Crippen LogP contribution is 2.34. The van der Waals surface area contributed by atoms with E-state index in [2.05, 4.69) is 10.1 Å². The number of aryl methyl sites for hydroxylation is 1. The average Bonchev–Trinajstić information content (AvgIpc) is 3.46. The first-order valence-corrected chi connectivity index (χ1v) is 12.2. The minimum atomic E-state index is -4.58. The quantitative estimate of drug-likeness (QED) is 0.412. The van der Waals surface area contributed by atoms with Crippen LogP contribution >= 0.6 is 0 Å². The summed E-state index contributed by atoms with van der Waals surface area (Å²) in [6, 6.07) is 18.8. The van der Waals surface area contributed by atoms with Gasteiger partial charge in [-0.1, -0.05) is 42.5 Å². The van der Waals surface area contributed by atoms with Gasteiger partial charge >= 0.3 is 6.18 Å². The smallest absolute Gasteiger partial charge is 0.234 e. The standard InChI is InChI=1S/C24H21F3N4O2S/c1-16-13-22(24(25,26)27)31-23(28-16)14-21(29-31)19-11-12-30(15-19)34(32,33)20-9-7-18(8-10-20)17-5-3-2-4-6-17/h2-10,13-14,19H,11-12,15H2,1H3/t19-/m0/s1.